The summed E-state index contributed by atoms with van der Waals surface area (Å²) in [5, 5.41) is 2.84. The Morgan fingerprint density at radius 2 is 1.61 bits per heavy atom. The van der Waals surface area contributed by atoms with Crippen molar-refractivity contribution in [2.75, 3.05) is 14.1 Å². The maximum absolute atomic E-state index is 12.4. The number of sulfonamides is 1. The van der Waals surface area contributed by atoms with Crippen molar-refractivity contribution in [3.63, 3.8) is 0 Å². The number of aryl methyl sites for hydroxylation is 2. The molecule has 0 saturated carbocycles. The third kappa shape index (κ3) is 4.04. The van der Waals surface area contributed by atoms with Gasteiger partial charge >= 0.3 is 0 Å². The van der Waals surface area contributed by atoms with E-state index in [9.17, 15) is 13.2 Å². The normalized spacial score (nSPS) is 11.8. The zero-order valence-electron chi connectivity index (χ0n) is 16.3. The van der Waals surface area contributed by atoms with E-state index in [2.05, 4.69) is 22.0 Å². The van der Waals surface area contributed by atoms with Crippen molar-refractivity contribution in [1.29, 1.82) is 0 Å². The summed E-state index contributed by atoms with van der Waals surface area (Å²) in [6, 6.07) is 14.8. The highest BCUT2D eigenvalue weighted by atomic mass is 32.2. The fourth-order valence-corrected chi connectivity index (χ4v) is 5.34. The van der Waals surface area contributed by atoms with Crippen LogP contribution in [0.2, 0.25) is 0 Å². The van der Waals surface area contributed by atoms with E-state index in [-0.39, 0.29) is 16.7 Å². The molecule has 0 radical (unpaired) electrons. The van der Waals surface area contributed by atoms with Crippen LogP contribution in [0.25, 0.3) is 5.69 Å². The predicted octanol–water partition coefficient (Wildman–Crippen LogP) is 3.34. The number of thiophene rings is 1. The van der Waals surface area contributed by atoms with Gasteiger partial charge < -0.3 is 9.88 Å². The second-order valence-corrected chi connectivity index (χ2v) is 10.2. The molecular weight excluding hydrogens is 394 g/mol. The highest BCUT2D eigenvalue weighted by molar-refractivity contribution is 7.91. The Balaban J connectivity index is 1.67. The second kappa shape index (κ2) is 7.90. The van der Waals surface area contributed by atoms with Gasteiger partial charge in [-0.25, -0.2) is 12.7 Å². The molecule has 0 spiro atoms. The summed E-state index contributed by atoms with van der Waals surface area (Å²) < 4.78 is 27.8. The Kier molecular flexibility index (Phi) is 5.74. The summed E-state index contributed by atoms with van der Waals surface area (Å²) in [6.07, 6.45) is 0. The zero-order valence-corrected chi connectivity index (χ0v) is 17.9. The van der Waals surface area contributed by atoms with Gasteiger partial charge in [0.25, 0.3) is 15.9 Å². The molecule has 2 heterocycles. The van der Waals surface area contributed by atoms with Gasteiger partial charge in [0, 0.05) is 41.6 Å². The van der Waals surface area contributed by atoms with Crippen molar-refractivity contribution in [2.24, 2.45) is 0 Å². The highest BCUT2D eigenvalue weighted by Gasteiger charge is 2.19. The molecule has 0 aliphatic heterocycles. The van der Waals surface area contributed by atoms with Crippen molar-refractivity contribution in [3.05, 3.63) is 70.4 Å². The SMILES string of the molecule is Cc1ccc(C)n1-c1ccc(C(=O)NCc2ccc(S(=O)(=O)N(C)C)s2)cc1. The monoisotopic (exact) mass is 417 g/mol. The van der Waals surface area contributed by atoms with Crippen molar-refractivity contribution in [1.82, 2.24) is 14.2 Å². The molecule has 3 rings (SSSR count). The molecule has 28 heavy (non-hydrogen) atoms. The lowest BCUT2D eigenvalue weighted by molar-refractivity contribution is 0.0951. The summed E-state index contributed by atoms with van der Waals surface area (Å²) >= 11 is 1.16. The van der Waals surface area contributed by atoms with E-state index in [0.717, 1.165) is 33.3 Å². The van der Waals surface area contributed by atoms with E-state index in [1.54, 1.807) is 24.3 Å². The van der Waals surface area contributed by atoms with Crippen molar-refractivity contribution >= 4 is 27.3 Å². The Bertz CT molecular complexity index is 1070. The van der Waals surface area contributed by atoms with E-state index >= 15 is 0 Å². The predicted molar refractivity (Wildman–Crippen MR) is 112 cm³/mol. The van der Waals surface area contributed by atoms with Crippen molar-refractivity contribution in [2.45, 2.75) is 24.6 Å². The topological polar surface area (TPSA) is 71.4 Å². The summed E-state index contributed by atoms with van der Waals surface area (Å²) in [5.74, 6) is -0.196. The molecule has 0 fully saturated rings. The minimum atomic E-state index is -3.44. The molecule has 1 aromatic carbocycles. The lowest BCUT2D eigenvalue weighted by atomic mass is 10.2. The molecule has 148 valence electrons. The smallest absolute Gasteiger partial charge is 0.252 e. The molecule has 0 aliphatic rings. The third-order valence-electron chi connectivity index (χ3n) is 4.45. The van der Waals surface area contributed by atoms with Crippen LogP contribution >= 0.6 is 11.3 Å². The Morgan fingerprint density at radius 1 is 1.00 bits per heavy atom. The van der Waals surface area contributed by atoms with E-state index in [1.807, 2.05) is 26.0 Å². The van der Waals surface area contributed by atoms with Crippen LogP contribution in [-0.4, -0.2) is 37.3 Å². The van der Waals surface area contributed by atoms with E-state index in [1.165, 1.54) is 18.4 Å². The molecule has 1 amide bonds. The Morgan fingerprint density at radius 3 is 2.18 bits per heavy atom. The summed E-state index contributed by atoms with van der Waals surface area (Å²) in [7, 11) is -0.450. The number of amides is 1. The number of nitrogens with one attached hydrogen (secondary N) is 1. The number of hydrogen-bond donors (Lipinski definition) is 1. The summed E-state index contributed by atoms with van der Waals surface area (Å²) in [6.45, 7) is 4.36. The second-order valence-electron chi connectivity index (χ2n) is 6.69. The minimum Gasteiger partial charge on any atom is -0.347 e. The van der Waals surface area contributed by atoms with E-state index < -0.39 is 10.0 Å². The first-order chi connectivity index (χ1) is 13.2. The number of carbonyl (C=O) groups is 1. The zero-order chi connectivity index (χ0) is 20.5. The number of rotatable bonds is 6. The first-order valence-corrected chi connectivity index (χ1v) is 11.0. The molecule has 2 aromatic heterocycles. The van der Waals surface area contributed by atoms with Gasteiger partial charge in [0.2, 0.25) is 0 Å². The van der Waals surface area contributed by atoms with E-state index in [0.29, 0.717) is 5.56 Å². The van der Waals surface area contributed by atoms with Crippen LogP contribution in [0.5, 0.6) is 0 Å². The molecule has 0 bridgehead atoms. The van der Waals surface area contributed by atoms with Gasteiger partial charge in [0.05, 0.1) is 6.54 Å². The average molecular weight is 418 g/mol. The van der Waals surface area contributed by atoms with E-state index in [4.69, 9.17) is 0 Å². The first kappa shape index (κ1) is 20.3. The van der Waals surface area contributed by atoms with Gasteiger partial charge in [-0.1, -0.05) is 0 Å². The highest BCUT2D eigenvalue weighted by Crippen LogP contribution is 2.23. The molecule has 1 N–H and O–H groups in total. The number of hydrogen-bond acceptors (Lipinski definition) is 4. The molecule has 8 heteroatoms. The average Bonchev–Trinajstić information content (AvgIpc) is 3.27. The molecule has 3 aromatic rings. The fourth-order valence-electron chi connectivity index (χ4n) is 2.88. The first-order valence-electron chi connectivity index (χ1n) is 8.75. The van der Waals surface area contributed by atoms with Gasteiger partial charge in [-0.3, -0.25) is 4.79 Å². The van der Waals surface area contributed by atoms with Crippen LogP contribution in [0, 0.1) is 13.8 Å². The lowest BCUT2D eigenvalue weighted by Gasteiger charge is -2.10. The number of nitrogens with zero attached hydrogens (tertiary/aromatic N) is 2. The summed E-state index contributed by atoms with van der Waals surface area (Å²) in [5.41, 5.74) is 3.84. The maximum Gasteiger partial charge on any atom is 0.252 e. The van der Waals surface area contributed by atoms with Crippen LogP contribution < -0.4 is 5.32 Å². The van der Waals surface area contributed by atoms with Crippen LogP contribution in [0.1, 0.15) is 26.6 Å². The number of aromatic nitrogens is 1. The standard InChI is InChI=1S/C20H23N3O3S2/c1-14-5-6-15(2)23(14)17-9-7-16(8-10-17)20(24)21-13-18-11-12-19(27-18)28(25,26)22(3)4/h5-12H,13H2,1-4H3,(H,21,24). The maximum atomic E-state index is 12.4. The minimum absolute atomic E-state index is 0.196. The molecule has 0 aliphatic carbocycles. The van der Waals surface area contributed by atoms with Crippen LogP contribution in [0.3, 0.4) is 0 Å². The quantitative estimate of drug-likeness (QED) is 0.669. The van der Waals surface area contributed by atoms with Crippen LogP contribution in [0.4, 0.5) is 0 Å². The number of carbonyl (C=O) groups excluding carboxylic acids is 1. The van der Waals surface area contributed by atoms with Gasteiger partial charge in [0.15, 0.2) is 0 Å². The molecule has 0 unspecified atom stereocenters. The van der Waals surface area contributed by atoms with Crippen molar-refractivity contribution < 1.29 is 13.2 Å². The fraction of sp³-hybridized carbons (Fsp3) is 0.250. The van der Waals surface area contributed by atoms with Crippen molar-refractivity contribution in [3.8, 4) is 5.69 Å². The van der Waals surface area contributed by atoms with Gasteiger partial charge in [-0.2, -0.15) is 0 Å². The Hall–Kier alpha value is -2.42. The molecular formula is C20H23N3O3S2. The van der Waals surface area contributed by atoms with Crippen LogP contribution in [0.15, 0.2) is 52.7 Å². The number of benzene rings is 1. The third-order valence-corrected chi connectivity index (χ3v) is 7.82. The van der Waals surface area contributed by atoms with Gasteiger partial charge in [-0.15, -0.1) is 11.3 Å². The largest absolute Gasteiger partial charge is 0.347 e. The molecule has 0 atom stereocenters. The molecule has 0 saturated heterocycles. The molecule has 6 nitrogen and oxygen atoms in total. The van der Waals surface area contributed by atoms with Gasteiger partial charge in [-0.05, 0) is 62.4 Å². The van der Waals surface area contributed by atoms with Crippen LogP contribution in [-0.2, 0) is 16.6 Å². The van der Waals surface area contributed by atoms with Gasteiger partial charge in [0.1, 0.15) is 4.21 Å². The summed E-state index contributed by atoms with van der Waals surface area (Å²) in [4.78, 5) is 13.2. The Labute approximate surface area is 169 Å². The lowest BCUT2D eigenvalue weighted by Crippen LogP contribution is -2.22.